The number of rotatable bonds is 3. The molecule has 2 atom stereocenters. The molecule has 1 aliphatic rings. The number of aliphatic hydroxyl groups excluding tert-OH is 2. The fraction of sp³-hybridized carbons (Fsp3) is 0.417. The molecule has 1 saturated heterocycles. The molecule has 0 radical (unpaired) electrons. The summed E-state index contributed by atoms with van der Waals surface area (Å²) >= 11 is 1.31. The summed E-state index contributed by atoms with van der Waals surface area (Å²) in [5.74, 6) is -0.234. The number of halogens is 1. The van der Waals surface area contributed by atoms with E-state index in [9.17, 15) is 19.4 Å². The molecule has 1 heterocycles. The van der Waals surface area contributed by atoms with Crippen molar-refractivity contribution in [3.05, 3.63) is 30.1 Å². The lowest BCUT2D eigenvalue weighted by Gasteiger charge is -2.14. The number of carbonyl (C=O) groups excluding carboxylic acids is 1. The van der Waals surface area contributed by atoms with Gasteiger partial charge in [-0.25, -0.2) is 4.39 Å². The quantitative estimate of drug-likeness (QED) is 0.785. The van der Waals surface area contributed by atoms with E-state index < -0.39 is 12.2 Å². The first-order valence-electron chi connectivity index (χ1n) is 5.58. The number of likely N-dealkylation sites (tertiary alicyclic amines) is 1. The molecule has 0 aromatic heterocycles. The van der Waals surface area contributed by atoms with Gasteiger partial charge in [0, 0.05) is 18.0 Å². The molecule has 1 fully saturated rings. The lowest BCUT2D eigenvalue weighted by molar-refractivity contribution is -0.127. The molecule has 1 aliphatic heterocycles. The Hall–Kier alpha value is -1.11. The number of carbonyl (C=O) groups is 1. The summed E-state index contributed by atoms with van der Waals surface area (Å²) in [6.07, 6.45) is -1.71. The first-order valence-corrected chi connectivity index (χ1v) is 6.57. The maximum absolute atomic E-state index is 12.7. The molecule has 0 unspecified atom stereocenters. The number of thioether (sulfide) groups is 1. The molecule has 0 bridgehead atoms. The highest BCUT2D eigenvalue weighted by atomic mass is 32.2. The number of benzene rings is 1. The second kappa shape index (κ2) is 5.69. The minimum absolute atomic E-state index is 0.139. The lowest BCUT2D eigenvalue weighted by Crippen LogP contribution is -2.31. The number of hydrogen-bond donors (Lipinski definition) is 2. The van der Waals surface area contributed by atoms with Crippen molar-refractivity contribution in [2.75, 3.05) is 18.8 Å². The Kier molecular flexibility index (Phi) is 4.21. The SMILES string of the molecule is O=C(CSc1ccc(F)cc1)N1C[C@@H](O)[C@@H](O)C1. The van der Waals surface area contributed by atoms with Gasteiger partial charge in [0.05, 0.1) is 18.0 Å². The third-order valence-corrected chi connectivity index (χ3v) is 3.78. The van der Waals surface area contributed by atoms with Crippen LogP contribution >= 0.6 is 11.8 Å². The van der Waals surface area contributed by atoms with E-state index in [1.54, 1.807) is 12.1 Å². The molecule has 2 rings (SSSR count). The zero-order valence-electron chi connectivity index (χ0n) is 9.62. The van der Waals surface area contributed by atoms with Crippen LogP contribution in [0.3, 0.4) is 0 Å². The fourth-order valence-electron chi connectivity index (χ4n) is 1.74. The fourth-order valence-corrected chi connectivity index (χ4v) is 2.54. The summed E-state index contributed by atoms with van der Waals surface area (Å²) in [4.78, 5) is 14.0. The molecule has 1 aromatic carbocycles. The van der Waals surface area contributed by atoms with Gasteiger partial charge in [0.15, 0.2) is 0 Å². The molecule has 1 amide bonds. The summed E-state index contributed by atoms with van der Waals surface area (Å²) in [5.41, 5.74) is 0. The molecule has 18 heavy (non-hydrogen) atoms. The normalized spacial score (nSPS) is 23.4. The van der Waals surface area contributed by atoms with Crippen molar-refractivity contribution in [2.24, 2.45) is 0 Å². The van der Waals surface area contributed by atoms with E-state index in [-0.39, 0.29) is 30.6 Å². The Morgan fingerprint density at radius 2 is 1.83 bits per heavy atom. The monoisotopic (exact) mass is 271 g/mol. The predicted octanol–water partition coefficient (Wildman–Crippen LogP) is 0.482. The van der Waals surface area contributed by atoms with E-state index in [2.05, 4.69) is 0 Å². The predicted molar refractivity (Wildman–Crippen MR) is 65.7 cm³/mol. The van der Waals surface area contributed by atoms with Crippen molar-refractivity contribution < 1.29 is 19.4 Å². The molecular formula is C12H14FNO3S. The van der Waals surface area contributed by atoms with Crippen molar-refractivity contribution in [2.45, 2.75) is 17.1 Å². The Bertz CT molecular complexity index is 416. The average Bonchev–Trinajstić information content (AvgIpc) is 2.69. The van der Waals surface area contributed by atoms with Gasteiger partial charge in [-0.3, -0.25) is 4.79 Å². The van der Waals surface area contributed by atoms with Gasteiger partial charge in [0.25, 0.3) is 0 Å². The number of hydrogen-bond acceptors (Lipinski definition) is 4. The van der Waals surface area contributed by atoms with Crippen molar-refractivity contribution in [3.63, 3.8) is 0 Å². The summed E-state index contributed by atoms with van der Waals surface area (Å²) < 4.78 is 12.7. The molecule has 6 heteroatoms. The van der Waals surface area contributed by atoms with Crippen LogP contribution in [-0.2, 0) is 4.79 Å². The smallest absolute Gasteiger partial charge is 0.233 e. The molecule has 0 saturated carbocycles. The van der Waals surface area contributed by atoms with Gasteiger partial charge in [0.2, 0.25) is 5.91 Å². The molecule has 0 aliphatic carbocycles. The molecule has 2 N–H and O–H groups in total. The van der Waals surface area contributed by atoms with Crippen LogP contribution in [0.2, 0.25) is 0 Å². The summed E-state index contributed by atoms with van der Waals surface area (Å²) in [7, 11) is 0. The zero-order valence-corrected chi connectivity index (χ0v) is 10.4. The number of amides is 1. The van der Waals surface area contributed by atoms with E-state index in [0.29, 0.717) is 0 Å². The van der Waals surface area contributed by atoms with E-state index in [4.69, 9.17) is 0 Å². The van der Waals surface area contributed by atoms with E-state index in [1.165, 1.54) is 28.8 Å². The van der Waals surface area contributed by atoms with Crippen molar-refractivity contribution in [1.82, 2.24) is 4.90 Å². The van der Waals surface area contributed by atoms with Crippen LogP contribution in [0.5, 0.6) is 0 Å². The van der Waals surface area contributed by atoms with E-state index in [0.717, 1.165) is 4.90 Å². The minimum Gasteiger partial charge on any atom is -0.388 e. The highest BCUT2D eigenvalue weighted by Crippen LogP contribution is 2.20. The Balaban J connectivity index is 1.83. The summed E-state index contributed by atoms with van der Waals surface area (Å²) in [6.45, 7) is 0.341. The van der Waals surface area contributed by atoms with Crippen LogP contribution in [-0.4, -0.2) is 52.1 Å². The number of nitrogens with zero attached hydrogens (tertiary/aromatic N) is 1. The number of β-amino-alcohol motifs (C(OH)–C–C–N with tert-alkyl or cyclic N) is 2. The van der Waals surface area contributed by atoms with Gasteiger partial charge < -0.3 is 15.1 Å². The average molecular weight is 271 g/mol. The van der Waals surface area contributed by atoms with Crippen LogP contribution in [0.1, 0.15) is 0 Å². The maximum atomic E-state index is 12.7. The van der Waals surface area contributed by atoms with E-state index >= 15 is 0 Å². The first-order chi connectivity index (χ1) is 8.56. The van der Waals surface area contributed by atoms with Crippen LogP contribution < -0.4 is 0 Å². The standard InChI is InChI=1S/C12H14FNO3S/c13-8-1-3-9(4-2-8)18-7-12(17)14-5-10(15)11(16)6-14/h1-4,10-11,15-16H,5-7H2/t10-,11+. The van der Waals surface area contributed by atoms with Gasteiger partial charge in [-0.15, -0.1) is 11.8 Å². The molecule has 0 spiro atoms. The third-order valence-electron chi connectivity index (χ3n) is 2.79. The Morgan fingerprint density at radius 3 is 2.39 bits per heavy atom. The molecule has 1 aromatic rings. The van der Waals surface area contributed by atoms with Crippen molar-refractivity contribution in [1.29, 1.82) is 0 Å². The van der Waals surface area contributed by atoms with Crippen LogP contribution in [0.25, 0.3) is 0 Å². The zero-order chi connectivity index (χ0) is 13.1. The van der Waals surface area contributed by atoms with Crippen LogP contribution in [0.15, 0.2) is 29.2 Å². The highest BCUT2D eigenvalue weighted by Gasteiger charge is 2.32. The number of aliphatic hydroxyl groups is 2. The second-order valence-corrected chi connectivity index (χ2v) is 5.22. The van der Waals surface area contributed by atoms with Crippen molar-refractivity contribution >= 4 is 17.7 Å². The minimum atomic E-state index is -0.857. The molecule has 98 valence electrons. The Labute approximate surface area is 108 Å². The second-order valence-electron chi connectivity index (χ2n) is 4.18. The van der Waals surface area contributed by atoms with Gasteiger partial charge in [0.1, 0.15) is 5.82 Å². The van der Waals surface area contributed by atoms with Crippen LogP contribution in [0, 0.1) is 5.82 Å². The summed E-state index contributed by atoms with van der Waals surface area (Å²) in [5, 5.41) is 18.7. The maximum Gasteiger partial charge on any atom is 0.233 e. The van der Waals surface area contributed by atoms with Gasteiger partial charge >= 0.3 is 0 Å². The third kappa shape index (κ3) is 3.22. The van der Waals surface area contributed by atoms with Gasteiger partial charge in [-0.05, 0) is 24.3 Å². The van der Waals surface area contributed by atoms with Gasteiger partial charge in [-0.1, -0.05) is 0 Å². The first kappa shape index (κ1) is 13.3. The van der Waals surface area contributed by atoms with E-state index in [1.807, 2.05) is 0 Å². The highest BCUT2D eigenvalue weighted by molar-refractivity contribution is 8.00. The Morgan fingerprint density at radius 1 is 1.28 bits per heavy atom. The van der Waals surface area contributed by atoms with Crippen molar-refractivity contribution in [3.8, 4) is 0 Å². The summed E-state index contributed by atoms with van der Waals surface area (Å²) in [6, 6.07) is 5.91. The molecular weight excluding hydrogens is 257 g/mol. The topological polar surface area (TPSA) is 60.8 Å². The lowest BCUT2D eigenvalue weighted by atomic mass is 10.3. The molecule has 4 nitrogen and oxygen atoms in total. The largest absolute Gasteiger partial charge is 0.388 e. The van der Waals surface area contributed by atoms with Crippen LogP contribution in [0.4, 0.5) is 4.39 Å². The van der Waals surface area contributed by atoms with Gasteiger partial charge in [-0.2, -0.15) is 0 Å².